The Balaban J connectivity index is 1.77. The monoisotopic (exact) mass is 266 g/mol. The largest absolute Gasteiger partial charge is 0.481 e. The summed E-state index contributed by atoms with van der Waals surface area (Å²) >= 11 is 0. The fourth-order valence-electron chi connectivity index (χ4n) is 2.56. The Hall–Kier alpha value is -1.50. The molecule has 19 heavy (non-hydrogen) atoms. The molecule has 2 heterocycles. The number of carboxylic acids is 1. The summed E-state index contributed by atoms with van der Waals surface area (Å²) in [7, 11) is 0. The molecule has 1 saturated carbocycles. The number of nitrogens with zero attached hydrogens (tertiary/aromatic N) is 4. The molecule has 0 unspecified atom stereocenters. The Labute approximate surface area is 110 Å². The molecular formula is C12H18N4O3. The van der Waals surface area contributed by atoms with Crippen molar-refractivity contribution in [3.05, 3.63) is 5.82 Å². The minimum Gasteiger partial charge on any atom is -0.481 e. The van der Waals surface area contributed by atoms with Crippen molar-refractivity contribution in [1.82, 2.24) is 20.2 Å². The van der Waals surface area contributed by atoms with Crippen LogP contribution in [0.25, 0.3) is 0 Å². The maximum Gasteiger partial charge on any atom is 0.311 e. The minimum atomic E-state index is -0.786. The van der Waals surface area contributed by atoms with Crippen LogP contribution in [0.2, 0.25) is 0 Å². The highest BCUT2D eigenvalue weighted by Gasteiger charge is 2.41. The predicted octanol–water partition coefficient (Wildman–Crippen LogP) is 0.507. The quantitative estimate of drug-likeness (QED) is 0.835. The highest BCUT2D eigenvalue weighted by molar-refractivity contribution is 5.74. The van der Waals surface area contributed by atoms with Gasteiger partial charge in [0.2, 0.25) is 0 Å². The van der Waals surface area contributed by atoms with Gasteiger partial charge in [-0.3, -0.25) is 4.79 Å². The van der Waals surface area contributed by atoms with E-state index >= 15 is 0 Å². The second kappa shape index (κ2) is 4.88. The average molecular weight is 266 g/mol. The first kappa shape index (κ1) is 12.5. The van der Waals surface area contributed by atoms with E-state index in [2.05, 4.69) is 15.5 Å². The maximum atomic E-state index is 11.6. The van der Waals surface area contributed by atoms with E-state index in [1.165, 1.54) is 12.8 Å². The number of carbonyl (C=O) groups is 1. The van der Waals surface area contributed by atoms with E-state index in [1.54, 1.807) is 4.68 Å². The molecule has 1 saturated heterocycles. The number of hydrogen-bond donors (Lipinski definition) is 1. The molecule has 104 valence electrons. The van der Waals surface area contributed by atoms with Gasteiger partial charge in [0.05, 0.1) is 12.0 Å². The number of aromatic nitrogens is 4. The Morgan fingerprint density at radius 1 is 1.42 bits per heavy atom. The van der Waals surface area contributed by atoms with E-state index in [0.717, 1.165) is 12.2 Å². The molecule has 0 bridgehead atoms. The van der Waals surface area contributed by atoms with Crippen LogP contribution >= 0.6 is 0 Å². The van der Waals surface area contributed by atoms with Gasteiger partial charge in [0, 0.05) is 19.6 Å². The Kier molecular flexibility index (Phi) is 3.22. The van der Waals surface area contributed by atoms with Gasteiger partial charge in [0.15, 0.2) is 5.82 Å². The summed E-state index contributed by atoms with van der Waals surface area (Å²) in [6.45, 7) is 1.33. The summed E-state index contributed by atoms with van der Waals surface area (Å²) < 4.78 is 6.95. The van der Waals surface area contributed by atoms with Gasteiger partial charge in [-0.15, -0.1) is 5.10 Å². The van der Waals surface area contributed by atoms with Crippen LogP contribution in [0.4, 0.5) is 0 Å². The summed E-state index contributed by atoms with van der Waals surface area (Å²) in [5, 5.41) is 21.2. The lowest BCUT2D eigenvalue weighted by atomic mass is 9.80. The molecule has 0 amide bonds. The second-order valence-electron chi connectivity index (χ2n) is 5.60. The summed E-state index contributed by atoms with van der Waals surface area (Å²) in [6.07, 6.45) is 4.35. The van der Waals surface area contributed by atoms with Crippen LogP contribution in [0.1, 0.15) is 31.5 Å². The molecule has 7 heteroatoms. The zero-order valence-corrected chi connectivity index (χ0v) is 10.8. The van der Waals surface area contributed by atoms with Crippen molar-refractivity contribution in [2.75, 3.05) is 13.2 Å². The van der Waals surface area contributed by atoms with Crippen LogP contribution < -0.4 is 0 Å². The lowest BCUT2D eigenvalue weighted by molar-refractivity contribution is -0.156. The summed E-state index contributed by atoms with van der Waals surface area (Å²) in [5.74, 6) is 0.721. The molecule has 0 radical (unpaired) electrons. The number of carboxylic acid groups (broad SMARTS) is 1. The van der Waals surface area contributed by atoms with Gasteiger partial charge < -0.3 is 9.84 Å². The number of ether oxygens (including phenoxy) is 1. The number of tetrazole rings is 1. The Bertz CT molecular complexity index is 463. The van der Waals surface area contributed by atoms with Crippen molar-refractivity contribution in [2.24, 2.45) is 11.3 Å². The van der Waals surface area contributed by atoms with Crippen molar-refractivity contribution in [2.45, 2.75) is 38.6 Å². The highest BCUT2D eigenvalue weighted by atomic mass is 16.5. The normalized spacial score (nSPS) is 22.3. The van der Waals surface area contributed by atoms with Crippen LogP contribution in [0, 0.1) is 11.3 Å². The second-order valence-corrected chi connectivity index (χ2v) is 5.60. The minimum absolute atomic E-state index is 0.348. The third-order valence-electron chi connectivity index (χ3n) is 4.13. The first-order chi connectivity index (χ1) is 9.20. The molecule has 1 aliphatic carbocycles. The molecule has 1 N–H and O–H groups in total. The van der Waals surface area contributed by atoms with Crippen molar-refractivity contribution in [1.29, 1.82) is 0 Å². The van der Waals surface area contributed by atoms with Crippen molar-refractivity contribution in [3.63, 3.8) is 0 Å². The van der Waals surface area contributed by atoms with Gasteiger partial charge in [0.25, 0.3) is 0 Å². The Morgan fingerprint density at radius 3 is 2.79 bits per heavy atom. The van der Waals surface area contributed by atoms with Gasteiger partial charge in [-0.2, -0.15) is 0 Å². The lowest BCUT2D eigenvalue weighted by Gasteiger charge is -2.32. The summed E-state index contributed by atoms with van der Waals surface area (Å²) in [4.78, 5) is 11.6. The van der Waals surface area contributed by atoms with Crippen LogP contribution in [0.15, 0.2) is 0 Å². The van der Waals surface area contributed by atoms with E-state index < -0.39 is 11.4 Å². The number of aliphatic carboxylic acids is 1. The molecule has 0 atom stereocenters. The van der Waals surface area contributed by atoms with E-state index in [4.69, 9.17) is 4.74 Å². The van der Waals surface area contributed by atoms with E-state index in [-0.39, 0.29) is 0 Å². The zero-order chi connectivity index (χ0) is 13.3. The zero-order valence-electron chi connectivity index (χ0n) is 10.8. The van der Waals surface area contributed by atoms with Crippen LogP contribution in [-0.4, -0.2) is 44.5 Å². The predicted molar refractivity (Wildman–Crippen MR) is 64.4 cm³/mol. The van der Waals surface area contributed by atoms with Gasteiger partial charge in [-0.05, 0) is 42.0 Å². The lowest BCUT2D eigenvalue weighted by Crippen LogP contribution is -2.41. The SMILES string of the molecule is O=C(O)C1(Cn2nnnc2CC2CC2)CCOCC1. The van der Waals surface area contributed by atoms with Crippen molar-refractivity contribution < 1.29 is 14.6 Å². The first-order valence-corrected chi connectivity index (χ1v) is 6.76. The van der Waals surface area contributed by atoms with Crippen LogP contribution in [0.3, 0.4) is 0 Å². The highest BCUT2D eigenvalue weighted by Crippen LogP contribution is 2.35. The van der Waals surface area contributed by atoms with Gasteiger partial charge >= 0.3 is 5.97 Å². The maximum absolute atomic E-state index is 11.6. The molecule has 1 aromatic heterocycles. The smallest absolute Gasteiger partial charge is 0.311 e. The molecule has 2 fully saturated rings. The molecular weight excluding hydrogens is 248 g/mol. The molecule has 0 spiro atoms. The van der Waals surface area contributed by atoms with Crippen molar-refractivity contribution in [3.8, 4) is 0 Å². The number of rotatable bonds is 5. The molecule has 1 aromatic rings. The fraction of sp³-hybridized carbons (Fsp3) is 0.833. The fourth-order valence-corrected chi connectivity index (χ4v) is 2.56. The van der Waals surface area contributed by atoms with Crippen molar-refractivity contribution >= 4 is 5.97 Å². The van der Waals surface area contributed by atoms with E-state index in [0.29, 0.717) is 38.5 Å². The van der Waals surface area contributed by atoms with Crippen LogP contribution in [-0.2, 0) is 22.5 Å². The summed E-state index contributed by atoms with van der Waals surface area (Å²) in [6, 6.07) is 0. The van der Waals surface area contributed by atoms with Gasteiger partial charge in [-0.1, -0.05) is 0 Å². The summed E-state index contributed by atoms with van der Waals surface area (Å²) in [5.41, 5.74) is -0.786. The third kappa shape index (κ3) is 2.60. The van der Waals surface area contributed by atoms with Crippen LogP contribution in [0.5, 0.6) is 0 Å². The molecule has 2 aliphatic rings. The standard InChI is InChI=1S/C12H18N4O3/c17-11(18)12(3-5-19-6-4-12)8-16-10(13-14-15-16)7-9-1-2-9/h9H,1-8H2,(H,17,18). The first-order valence-electron chi connectivity index (χ1n) is 6.76. The molecule has 0 aromatic carbocycles. The number of hydrogen-bond acceptors (Lipinski definition) is 5. The third-order valence-corrected chi connectivity index (χ3v) is 4.13. The Morgan fingerprint density at radius 2 is 2.16 bits per heavy atom. The van der Waals surface area contributed by atoms with Gasteiger partial charge in [0.1, 0.15) is 0 Å². The average Bonchev–Trinajstić information content (AvgIpc) is 3.12. The molecule has 7 nitrogen and oxygen atoms in total. The van der Waals surface area contributed by atoms with E-state index in [9.17, 15) is 9.90 Å². The molecule has 1 aliphatic heterocycles. The van der Waals surface area contributed by atoms with E-state index in [1.807, 2.05) is 0 Å². The topological polar surface area (TPSA) is 90.1 Å². The van der Waals surface area contributed by atoms with Gasteiger partial charge in [-0.25, -0.2) is 4.68 Å². The molecule has 3 rings (SSSR count).